The minimum Gasteiger partial charge on any atom is -0.462 e. The Morgan fingerprint density at radius 1 is 0.276 bits per heavy atom. The SMILES string of the molecule is CCCCCC/C=C\CCCCCCCC(=O)O[C@H](COC(=O)CCCCCCCCCCCCCCCCC)COP(=O)(O)OC[C@H](O)COP(=O)(O)OC[C@@H](COC(=O)CCCCCCCCCCCCCCCCC)OC(=O)CCCCCCC/C=C\CCCCCCCC. The maximum Gasteiger partial charge on any atom is 0.472 e. The van der Waals surface area contributed by atoms with Crippen LogP contribution in [0.5, 0.6) is 0 Å². The van der Waals surface area contributed by atoms with Crippen LogP contribution in [0.3, 0.4) is 0 Å². The number of hydrogen-bond donors (Lipinski definition) is 3. The number of phosphoric acid groups is 2. The van der Waals surface area contributed by atoms with E-state index in [0.29, 0.717) is 25.7 Å². The first-order valence-corrected chi connectivity index (χ1v) is 43.6. The van der Waals surface area contributed by atoms with Crippen molar-refractivity contribution in [3.05, 3.63) is 24.3 Å². The second kappa shape index (κ2) is 72.9. The molecule has 0 spiro atoms. The zero-order valence-corrected chi connectivity index (χ0v) is 65.0. The maximum atomic E-state index is 13.1. The normalized spacial score (nSPS) is 14.0. The summed E-state index contributed by atoms with van der Waals surface area (Å²) in [5.41, 5.74) is 0. The van der Waals surface area contributed by atoms with Gasteiger partial charge >= 0.3 is 39.5 Å². The van der Waals surface area contributed by atoms with Gasteiger partial charge in [-0.25, -0.2) is 9.13 Å². The Kier molecular flexibility index (Phi) is 71.0. The highest BCUT2D eigenvalue weighted by Gasteiger charge is 2.30. The Morgan fingerprint density at radius 3 is 0.714 bits per heavy atom. The molecule has 3 N–H and O–H groups in total. The summed E-state index contributed by atoms with van der Waals surface area (Å²) in [5, 5.41) is 10.6. The van der Waals surface area contributed by atoms with Gasteiger partial charge in [0.05, 0.1) is 26.4 Å². The summed E-state index contributed by atoms with van der Waals surface area (Å²) >= 11 is 0. The first-order chi connectivity index (χ1) is 47.7. The van der Waals surface area contributed by atoms with Gasteiger partial charge < -0.3 is 33.8 Å². The number of carbonyl (C=O) groups is 4. The zero-order chi connectivity index (χ0) is 71.8. The summed E-state index contributed by atoms with van der Waals surface area (Å²) in [6, 6.07) is 0. The average Bonchev–Trinajstić information content (AvgIpc) is 1.07. The molecular weight excluding hydrogens is 1280 g/mol. The van der Waals surface area contributed by atoms with Crippen LogP contribution in [0.1, 0.15) is 400 Å². The molecule has 0 saturated carbocycles. The summed E-state index contributed by atoms with van der Waals surface area (Å²) in [7, 11) is -9.93. The molecule has 0 fully saturated rings. The van der Waals surface area contributed by atoms with Crippen LogP contribution in [0.4, 0.5) is 0 Å². The third-order valence-corrected chi connectivity index (χ3v) is 19.8. The number of aliphatic hydroxyl groups excluding tert-OH is 1. The lowest BCUT2D eigenvalue weighted by Crippen LogP contribution is -2.30. The van der Waals surface area contributed by atoms with E-state index in [2.05, 4.69) is 52.0 Å². The fourth-order valence-corrected chi connectivity index (χ4v) is 13.3. The lowest BCUT2D eigenvalue weighted by Gasteiger charge is -2.21. The first-order valence-electron chi connectivity index (χ1n) is 40.6. The van der Waals surface area contributed by atoms with Crippen LogP contribution in [-0.4, -0.2) is 96.7 Å². The number of phosphoric ester groups is 2. The molecule has 17 nitrogen and oxygen atoms in total. The Morgan fingerprint density at radius 2 is 0.469 bits per heavy atom. The Balaban J connectivity index is 5.29. The molecule has 5 atom stereocenters. The molecule has 0 aromatic carbocycles. The molecule has 0 bridgehead atoms. The van der Waals surface area contributed by atoms with Gasteiger partial charge in [0.2, 0.25) is 0 Å². The van der Waals surface area contributed by atoms with Crippen LogP contribution < -0.4 is 0 Å². The van der Waals surface area contributed by atoms with Crippen molar-refractivity contribution in [2.24, 2.45) is 0 Å². The summed E-state index contributed by atoms with van der Waals surface area (Å²) in [6.07, 6.45) is 67.2. The molecule has 0 rings (SSSR count). The number of carbonyl (C=O) groups excluding carboxylic acids is 4. The molecule has 0 aliphatic rings. The largest absolute Gasteiger partial charge is 0.472 e. The smallest absolute Gasteiger partial charge is 0.462 e. The summed E-state index contributed by atoms with van der Waals surface area (Å²) in [5.74, 6) is -2.14. The van der Waals surface area contributed by atoms with Crippen molar-refractivity contribution in [1.29, 1.82) is 0 Å². The standard InChI is InChI=1S/C79H150O17P2/c1-5-9-13-17-21-25-29-33-36-40-43-47-51-55-59-63-76(81)89-69-74(95-78(83)65-61-57-53-49-45-39-32-28-24-20-16-12-8-4)71-93-97(85,86)91-67-73(80)68-92-98(87,88)94-72-75(96-79(84)66-62-58-54-50-46-42-38-35-31-27-23-19-15-11-7-3)70-90-77(82)64-60-56-52-48-44-41-37-34-30-26-22-18-14-10-6-2/h28,32,35,38,73-75,80H,5-27,29-31,33-34,36-37,39-72H2,1-4H3,(H,85,86)(H,87,88)/b32-28-,38-35-/t73-,74+,75+/m0/s1. The van der Waals surface area contributed by atoms with E-state index in [-0.39, 0.29) is 25.7 Å². The molecule has 98 heavy (non-hydrogen) atoms. The monoisotopic (exact) mass is 1430 g/mol. The van der Waals surface area contributed by atoms with Gasteiger partial charge in [0.15, 0.2) is 12.2 Å². The number of esters is 4. The number of allylic oxidation sites excluding steroid dienone is 4. The van der Waals surface area contributed by atoms with Gasteiger partial charge in [0.1, 0.15) is 19.3 Å². The van der Waals surface area contributed by atoms with Gasteiger partial charge in [0, 0.05) is 25.7 Å². The van der Waals surface area contributed by atoms with Gasteiger partial charge in [0.25, 0.3) is 0 Å². The van der Waals surface area contributed by atoms with E-state index < -0.39 is 97.5 Å². The first kappa shape index (κ1) is 95.5. The van der Waals surface area contributed by atoms with E-state index in [1.807, 2.05) is 0 Å². The highest BCUT2D eigenvalue weighted by molar-refractivity contribution is 7.47. The Bertz CT molecular complexity index is 1950. The van der Waals surface area contributed by atoms with Crippen LogP contribution in [0.15, 0.2) is 24.3 Å². The molecule has 578 valence electrons. The molecule has 0 saturated heterocycles. The molecular formula is C79H150O17P2. The van der Waals surface area contributed by atoms with Crippen molar-refractivity contribution in [3.63, 3.8) is 0 Å². The molecule has 0 aliphatic carbocycles. The van der Waals surface area contributed by atoms with Crippen LogP contribution in [0, 0.1) is 0 Å². The molecule has 2 unspecified atom stereocenters. The van der Waals surface area contributed by atoms with Crippen molar-refractivity contribution < 1.29 is 80.2 Å². The Hall–Kier alpha value is -2.46. The third kappa shape index (κ3) is 71.9. The summed E-state index contributed by atoms with van der Waals surface area (Å²) in [4.78, 5) is 73.0. The van der Waals surface area contributed by atoms with Gasteiger partial charge in [-0.2, -0.15) is 0 Å². The molecule has 0 radical (unpaired) electrons. The van der Waals surface area contributed by atoms with Gasteiger partial charge in [-0.15, -0.1) is 0 Å². The lowest BCUT2D eigenvalue weighted by molar-refractivity contribution is -0.161. The number of hydrogen-bond acceptors (Lipinski definition) is 15. The lowest BCUT2D eigenvalue weighted by atomic mass is 10.0. The number of unbranched alkanes of at least 4 members (excludes halogenated alkanes) is 48. The van der Waals surface area contributed by atoms with E-state index in [9.17, 15) is 43.2 Å². The minimum atomic E-state index is -4.96. The summed E-state index contributed by atoms with van der Waals surface area (Å²) in [6.45, 7) is 4.95. The summed E-state index contributed by atoms with van der Waals surface area (Å²) < 4.78 is 68.6. The fraction of sp³-hybridized carbons (Fsp3) is 0.899. The predicted molar refractivity (Wildman–Crippen MR) is 400 cm³/mol. The van der Waals surface area contributed by atoms with Crippen LogP contribution in [0.25, 0.3) is 0 Å². The van der Waals surface area contributed by atoms with Crippen molar-refractivity contribution >= 4 is 39.5 Å². The van der Waals surface area contributed by atoms with E-state index >= 15 is 0 Å². The van der Waals surface area contributed by atoms with Gasteiger partial charge in [-0.05, 0) is 77.0 Å². The van der Waals surface area contributed by atoms with Crippen molar-refractivity contribution in [2.45, 2.75) is 418 Å². The molecule has 19 heteroatoms. The van der Waals surface area contributed by atoms with Gasteiger partial charge in [-0.3, -0.25) is 37.3 Å². The highest BCUT2D eigenvalue weighted by atomic mass is 31.2. The van der Waals surface area contributed by atoms with Crippen molar-refractivity contribution in [3.8, 4) is 0 Å². The van der Waals surface area contributed by atoms with Crippen LogP contribution >= 0.6 is 15.6 Å². The van der Waals surface area contributed by atoms with E-state index in [1.165, 1.54) is 205 Å². The number of rotatable bonds is 78. The topological polar surface area (TPSA) is 237 Å². The zero-order valence-electron chi connectivity index (χ0n) is 63.2. The number of ether oxygens (including phenoxy) is 4. The number of aliphatic hydroxyl groups is 1. The van der Waals surface area contributed by atoms with Gasteiger partial charge in [-0.1, -0.05) is 322 Å². The molecule has 0 aliphatic heterocycles. The van der Waals surface area contributed by atoms with Crippen LogP contribution in [-0.2, 0) is 65.4 Å². The quantitative estimate of drug-likeness (QED) is 0.0169. The van der Waals surface area contributed by atoms with E-state index in [0.717, 1.165) is 116 Å². The highest BCUT2D eigenvalue weighted by Crippen LogP contribution is 2.45. The third-order valence-electron chi connectivity index (χ3n) is 17.9. The maximum absolute atomic E-state index is 13.1. The Labute approximate surface area is 599 Å². The second-order valence-electron chi connectivity index (χ2n) is 27.7. The molecule has 0 heterocycles. The van der Waals surface area contributed by atoms with E-state index in [4.69, 9.17) is 37.0 Å². The van der Waals surface area contributed by atoms with Crippen molar-refractivity contribution in [2.75, 3.05) is 39.6 Å². The average molecular weight is 1430 g/mol. The van der Waals surface area contributed by atoms with E-state index in [1.54, 1.807) is 0 Å². The predicted octanol–water partition coefficient (Wildman–Crippen LogP) is 23.3. The van der Waals surface area contributed by atoms with Crippen LogP contribution in [0.2, 0.25) is 0 Å². The molecule has 0 aromatic heterocycles. The second-order valence-corrected chi connectivity index (χ2v) is 30.6. The molecule has 0 aromatic rings. The molecule has 0 amide bonds. The van der Waals surface area contributed by atoms with Crippen molar-refractivity contribution in [1.82, 2.24) is 0 Å². The minimum absolute atomic E-state index is 0.0934. The fourth-order valence-electron chi connectivity index (χ4n) is 11.7.